The first-order valence-electron chi connectivity index (χ1n) is 7.00. The molecule has 0 spiro atoms. The van der Waals surface area contributed by atoms with Crippen LogP contribution in [0.25, 0.3) is 0 Å². The highest BCUT2D eigenvalue weighted by Crippen LogP contribution is 2.17. The number of hydrogen-bond acceptors (Lipinski definition) is 3. The Balaban J connectivity index is 0.00000441. The van der Waals surface area contributed by atoms with Crippen LogP contribution in [-0.2, 0) is 4.74 Å². The maximum atomic E-state index is 5.66. The molecule has 0 bridgehead atoms. The van der Waals surface area contributed by atoms with Gasteiger partial charge in [0.05, 0.1) is 6.61 Å². The molecule has 1 aromatic carbocycles. The average molecular weight is 417 g/mol. The molecule has 5 nitrogen and oxygen atoms in total. The van der Waals surface area contributed by atoms with Crippen LogP contribution in [0.5, 0.6) is 5.75 Å². The van der Waals surface area contributed by atoms with Gasteiger partial charge in [0.25, 0.3) is 0 Å². The van der Waals surface area contributed by atoms with E-state index in [1.165, 1.54) is 0 Å². The third kappa shape index (κ3) is 8.74. The van der Waals surface area contributed by atoms with Crippen LogP contribution in [0.1, 0.15) is 13.3 Å². The summed E-state index contributed by atoms with van der Waals surface area (Å²) < 4.78 is 10.6. The van der Waals surface area contributed by atoms with Gasteiger partial charge in [0.2, 0.25) is 0 Å². The van der Waals surface area contributed by atoms with Gasteiger partial charge in [0, 0.05) is 38.4 Å². The van der Waals surface area contributed by atoms with Gasteiger partial charge < -0.3 is 20.1 Å². The summed E-state index contributed by atoms with van der Waals surface area (Å²) >= 11 is 0. The van der Waals surface area contributed by atoms with Crippen molar-refractivity contribution in [3.05, 3.63) is 24.3 Å². The molecule has 22 heavy (non-hydrogen) atoms. The second-order valence-corrected chi connectivity index (χ2v) is 4.25. The van der Waals surface area contributed by atoms with E-state index in [1.54, 1.807) is 7.11 Å². The first-order valence-corrected chi connectivity index (χ1v) is 7.00. The number of ether oxygens (including phenoxy) is 2. The zero-order chi connectivity index (χ0) is 15.3. The summed E-state index contributed by atoms with van der Waals surface area (Å²) in [5, 5.41) is 6.33. The van der Waals surface area contributed by atoms with Crippen LogP contribution in [0, 0.1) is 12.3 Å². The molecule has 0 radical (unpaired) electrons. The van der Waals surface area contributed by atoms with Gasteiger partial charge in [0.1, 0.15) is 12.3 Å². The van der Waals surface area contributed by atoms with E-state index < -0.39 is 0 Å². The smallest absolute Gasteiger partial charge is 0.196 e. The third-order valence-electron chi connectivity index (χ3n) is 2.53. The van der Waals surface area contributed by atoms with Crippen molar-refractivity contribution < 1.29 is 9.47 Å². The summed E-state index contributed by atoms with van der Waals surface area (Å²) in [4.78, 5) is 4.24. The molecule has 0 fully saturated rings. The van der Waals surface area contributed by atoms with Crippen molar-refractivity contribution in [2.45, 2.75) is 13.3 Å². The maximum Gasteiger partial charge on any atom is 0.196 e. The SMILES string of the molecule is C#CCN=C(NCC)Nc1cccc(OCCCOC)c1.I. The lowest BCUT2D eigenvalue weighted by atomic mass is 10.3. The molecule has 0 saturated carbocycles. The fraction of sp³-hybridized carbons (Fsp3) is 0.438. The minimum Gasteiger partial charge on any atom is -0.493 e. The van der Waals surface area contributed by atoms with Crippen molar-refractivity contribution in [1.82, 2.24) is 5.32 Å². The molecule has 0 heterocycles. The molecule has 0 amide bonds. The topological polar surface area (TPSA) is 54.9 Å². The number of guanidine groups is 1. The quantitative estimate of drug-likeness (QED) is 0.225. The number of benzene rings is 1. The van der Waals surface area contributed by atoms with Gasteiger partial charge in [-0.25, -0.2) is 4.99 Å². The number of aliphatic imine (C=N–C) groups is 1. The Bertz CT molecular complexity index is 487. The molecule has 0 unspecified atom stereocenters. The number of nitrogens with one attached hydrogen (secondary N) is 2. The summed E-state index contributed by atoms with van der Waals surface area (Å²) in [5.74, 6) is 3.96. The van der Waals surface area contributed by atoms with Gasteiger partial charge in [-0.3, -0.25) is 0 Å². The molecule has 0 aromatic heterocycles. The Morgan fingerprint density at radius 1 is 1.36 bits per heavy atom. The zero-order valence-electron chi connectivity index (χ0n) is 13.1. The maximum absolute atomic E-state index is 5.66. The molecule has 0 aliphatic heterocycles. The summed E-state index contributed by atoms with van der Waals surface area (Å²) in [6, 6.07) is 7.72. The molecule has 0 aliphatic carbocycles. The molecule has 0 aliphatic rings. The van der Waals surface area contributed by atoms with Crippen LogP contribution >= 0.6 is 24.0 Å². The van der Waals surface area contributed by atoms with Crippen molar-refractivity contribution in [2.75, 3.05) is 38.7 Å². The van der Waals surface area contributed by atoms with E-state index in [4.69, 9.17) is 15.9 Å². The van der Waals surface area contributed by atoms with Gasteiger partial charge in [-0.2, -0.15) is 0 Å². The van der Waals surface area contributed by atoms with E-state index in [2.05, 4.69) is 21.5 Å². The van der Waals surface area contributed by atoms with Crippen LogP contribution in [0.2, 0.25) is 0 Å². The van der Waals surface area contributed by atoms with Crippen LogP contribution in [-0.4, -0.2) is 39.4 Å². The number of nitrogens with zero attached hydrogens (tertiary/aromatic N) is 1. The predicted octanol–water partition coefficient (Wildman–Crippen LogP) is 2.73. The van der Waals surface area contributed by atoms with E-state index >= 15 is 0 Å². The van der Waals surface area contributed by atoms with Gasteiger partial charge in [-0.1, -0.05) is 12.0 Å². The molecule has 1 rings (SSSR count). The summed E-state index contributed by atoms with van der Waals surface area (Å²) in [7, 11) is 1.68. The lowest BCUT2D eigenvalue weighted by molar-refractivity contribution is 0.172. The number of methoxy groups -OCH3 is 1. The lowest BCUT2D eigenvalue weighted by Gasteiger charge is -2.12. The molecular weight excluding hydrogens is 393 g/mol. The van der Waals surface area contributed by atoms with E-state index in [9.17, 15) is 0 Å². The van der Waals surface area contributed by atoms with Crippen molar-refractivity contribution in [2.24, 2.45) is 4.99 Å². The minimum absolute atomic E-state index is 0. The standard InChI is InChI=1S/C16H23N3O2.HI/c1-4-10-18-16(17-5-2)19-14-8-6-9-15(13-14)21-12-7-11-20-3;/h1,6,8-9,13H,5,7,10-12H2,2-3H3,(H2,17,18,19);1H. The van der Waals surface area contributed by atoms with Gasteiger partial charge in [-0.05, 0) is 19.1 Å². The van der Waals surface area contributed by atoms with E-state index in [-0.39, 0.29) is 24.0 Å². The van der Waals surface area contributed by atoms with Crippen LogP contribution in [0.15, 0.2) is 29.3 Å². The number of terminal acetylenes is 1. The molecule has 6 heteroatoms. The largest absolute Gasteiger partial charge is 0.493 e. The van der Waals surface area contributed by atoms with Crippen molar-refractivity contribution in [3.63, 3.8) is 0 Å². The Morgan fingerprint density at radius 3 is 2.86 bits per heavy atom. The van der Waals surface area contributed by atoms with Gasteiger partial charge in [-0.15, -0.1) is 30.4 Å². The number of halogens is 1. The van der Waals surface area contributed by atoms with E-state index in [1.807, 2.05) is 31.2 Å². The fourth-order valence-corrected chi connectivity index (χ4v) is 1.63. The average Bonchev–Trinajstić information content (AvgIpc) is 2.50. The highest BCUT2D eigenvalue weighted by molar-refractivity contribution is 14.0. The number of rotatable bonds is 8. The molecule has 0 atom stereocenters. The summed E-state index contributed by atoms with van der Waals surface area (Å²) in [6.07, 6.45) is 6.09. The van der Waals surface area contributed by atoms with Crippen molar-refractivity contribution in [3.8, 4) is 18.1 Å². The third-order valence-corrected chi connectivity index (χ3v) is 2.53. The van der Waals surface area contributed by atoms with Crippen LogP contribution in [0.4, 0.5) is 5.69 Å². The monoisotopic (exact) mass is 417 g/mol. The Hall–Kier alpha value is -1.46. The first-order chi connectivity index (χ1) is 10.3. The number of hydrogen-bond donors (Lipinski definition) is 2. The van der Waals surface area contributed by atoms with Crippen LogP contribution in [0.3, 0.4) is 0 Å². The molecule has 1 aromatic rings. The van der Waals surface area contributed by atoms with Crippen molar-refractivity contribution >= 4 is 35.6 Å². The van der Waals surface area contributed by atoms with Crippen molar-refractivity contribution in [1.29, 1.82) is 0 Å². The second-order valence-electron chi connectivity index (χ2n) is 4.25. The Morgan fingerprint density at radius 2 is 2.18 bits per heavy atom. The van der Waals surface area contributed by atoms with E-state index in [0.717, 1.165) is 24.4 Å². The Kier molecular flexibility index (Phi) is 12.3. The normalized spacial score (nSPS) is 10.3. The molecule has 2 N–H and O–H groups in total. The molecule has 122 valence electrons. The molecular formula is C16H24IN3O2. The minimum atomic E-state index is 0. The summed E-state index contributed by atoms with van der Waals surface area (Å²) in [6.45, 7) is 4.43. The van der Waals surface area contributed by atoms with Gasteiger partial charge in [0.15, 0.2) is 5.96 Å². The highest BCUT2D eigenvalue weighted by atomic mass is 127. The van der Waals surface area contributed by atoms with E-state index in [0.29, 0.717) is 25.7 Å². The first kappa shape index (κ1) is 20.5. The van der Waals surface area contributed by atoms with Gasteiger partial charge >= 0.3 is 0 Å². The number of anilines is 1. The fourth-order valence-electron chi connectivity index (χ4n) is 1.63. The Labute approximate surface area is 149 Å². The predicted molar refractivity (Wildman–Crippen MR) is 102 cm³/mol. The highest BCUT2D eigenvalue weighted by Gasteiger charge is 2.00. The lowest BCUT2D eigenvalue weighted by Crippen LogP contribution is -2.30. The second kappa shape index (κ2) is 13.2. The van der Waals surface area contributed by atoms with Crippen LogP contribution < -0.4 is 15.4 Å². The summed E-state index contributed by atoms with van der Waals surface area (Å²) in [5.41, 5.74) is 0.899. The molecule has 0 saturated heterocycles. The zero-order valence-corrected chi connectivity index (χ0v) is 15.4.